The maximum atomic E-state index is 11.6. The van der Waals surface area contributed by atoms with Gasteiger partial charge in [0.25, 0.3) is 0 Å². The minimum absolute atomic E-state index is 0.0936. The van der Waals surface area contributed by atoms with Crippen LogP contribution >= 0.6 is 11.6 Å². The summed E-state index contributed by atoms with van der Waals surface area (Å²) in [6.07, 6.45) is 2.24. The molecule has 0 unspecified atom stereocenters. The van der Waals surface area contributed by atoms with Gasteiger partial charge in [-0.1, -0.05) is 36.7 Å². The fourth-order valence-corrected chi connectivity index (χ4v) is 2.73. The van der Waals surface area contributed by atoms with Crippen molar-refractivity contribution in [1.82, 2.24) is 14.8 Å². The smallest absolute Gasteiger partial charge is 0.164 e. The Morgan fingerprint density at radius 1 is 1.29 bits per heavy atom. The van der Waals surface area contributed by atoms with Gasteiger partial charge in [0.05, 0.1) is 27.4 Å². The molecule has 0 aliphatic rings. The number of carbonyl (C=O) groups excluding carboxylic acids is 1. The lowest BCUT2D eigenvalue weighted by Crippen LogP contribution is -1.99. The van der Waals surface area contributed by atoms with Gasteiger partial charge in [0, 0.05) is 6.20 Å². The van der Waals surface area contributed by atoms with Crippen LogP contribution < -0.4 is 0 Å². The minimum atomic E-state index is -0.0936. The van der Waals surface area contributed by atoms with Crippen molar-refractivity contribution in [2.45, 2.75) is 20.3 Å². The number of nitrogens with zero attached hydrogens (tertiary/aromatic N) is 3. The van der Waals surface area contributed by atoms with Gasteiger partial charge in [-0.25, -0.2) is 9.67 Å². The predicted molar refractivity (Wildman–Crippen MR) is 83.3 cm³/mol. The maximum absolute atomic E-state index is 11.6. The van der Waals surface area contributed by atoms with Crippen molar-refractivity contribution in [1.29, 1.82) is 0 Å². The van der Waals surface area contributed by atoms with E-state index >= 15 is 0 Å². The van der Waals surface area contributed by atoms with Crippen LogP contribution in [0.25, 0.3) is 16.7 Å². The summed E-state index contributed by atoms with van der Waals surface area (Å²) in [7, 11) is 0. The monoisotopic (exact) mass is 299 g/mol. The fraction of sp³-hybridized carbons (Fsp3) is 0.188. The Hall–Kier alpha value is -2.20. The SMILES string of the molecule is CCc1nn(-c2ccccc2)c2ncc(C(C)=O)c(Cl)c12. The number of hydrogen-bond acceptors (Lipinski definition) is 3. The molecular weight excluding hydrogens is 286 g/mol. The summed E-state index contributed by atoms with van der Waals surface area (Å²) in [6.45, 7) is 3.50. The molecule has 5 heteroatoms. The second-order valence-electron chi connectivity index (χ2n) is 4.79. The molecule has 0 saturated carbocycles. The zero-order chi connectivity index (χ0) is 15.0. The molecule has 21 heavy (non-hydrogen) atoms. The normalized spacial score (nSPS) is 11.0. The van der Waals surface area contributed by atoms with E-state index in [2.05, 4.69) is 10.1 Å². The molecule has 0 saturated heterocycles. The van der Waals surface area contributed by atoms with Gasteiger partial charge < -0.3 is 0 Å². The Kier molecular flexibility index (Phi) is 3.47. The highest BCUT2D eigenvalue weighted by molar-refractivity contribution is 6.38. The van der Waals surface area contributed by atoms with Crippen LogP contribution in [-0.2, 0) is 6.42 Å². The molecule has 3 rings (SSSR count). The highest BCUT2D eigenvalue weighted by Gasteiger charge is 2.19. The first-order valence-electron chi connectivity index (χ1n) is 6.76. The van der Waals surface area contributed by atoms with Crippen LogP contribution in [-0.4, -0.2) is 20.5 Å². The third-order valence-electron chi connectivity index (χ3n) is 3.42. The highest BCUT2D eigenvalue weighted by Crippen LogP contribution is 2.30. The number of ketones is 1. The van der Waals surface area contributed by atoms with Crippen LogP contribution in [0.3, 0.4) is 0 Å². The van der Waals surface area contributed by atoms with E-state index in [1.807, 2.05) is 37.3 Å². The molecule has 3 aromatic rings. The van der Waals surface area contributed by atoms with Gasteiger partial charge in [0.15, 0.2) is 11.4 Å². The first-order chi connectivity index (χ1) is 10.1. The molecule has 0 spiro atoms. The largest absolute Gasteiger partial charge is 0.294 e. The van der Waals surface area contributed by atoms with E-state index in [0.717, 1.165) is 23.2 Å². The van der Waals surface area contributed by atoms with Crippen molar-refractivity contribution in [3.63, 3.8) is 0 Å². The third kappa shape index (κ3) is 2.21. The Bertz CT molecular complexity index is 824. The van der Waals surface area contributed by atoms with Crippen molar-refractivity contribution in [3.8, 4) is 5.69 Å². The maximum Gasteiger partial charge on any atom is 0.164 e. The molecule has 2 aromatic heterocycles. The molecule has 2 heterocycles. The van der Waals surface area contributed by atoms with E-state index in [-0.39, 0.29) is 5.78 Å². The van der Waals surface area contributed by atoms with E-state index in [0.29, 0.717) is 16.2 Å². The second-order valence-corrected chi connectivity index (χ2v) is 5.17. The summed E-state index contributed by atoms with van der Waals surface area (Å²) in [5, 5.41) is 5.79. The number of hydrogen-bond donors (Lipinski definition) is 0. The number of aryl methyl sites for hydroxylation is 1. The van der Waals surface area contributed by atoms with Crippen molar-refractivity contribution in [2.75, 3.05) is 0 Å². The van der Waals surface area contributed by atoms with Crippen LogP contribution in [0.5, 0.6) is 0 Å². The number of Topliss-reactive ketones (excluding diaryl/α,β-unsaturated/α-hetero) is 1. The summed E-state index contributed by atoms with van der Waals surface area (Å²) in [5.74, 6) is -0.0936. The first-order valence-corrected chi connectivity index (χ1v) is 7.13. The van der Waals surface area contributed by atoms with Crippen molar-refractivity contribution in [2.24, 2.45) is 0 Å². The third-order valence-corrected chi connectivity index (χ3v) is 3.81. The fourth-order valence-electron chi connectivity index (χ4n) is 2.36. The number of carbonyl (C=O) groups is 1. The Morgan fingerprint density at radius 3 is 2.62 bits per heavy atom. The molecule has 4 nitrogen and oxygen atoms in total. The van der Waals surface area contributed by atoms with Gasteiger partial charge >= 0.3 is 0 Å². The standard InChI is InChI=1S/C16H14ClN3O/c1-3-13-14-15(17)12(10(2)21)9-18-16(14)20(19-13)11-7-5-4-6-8-11/h4-9H,3H2,1-2H3. The number of halogens is 1. The van der Waals surface area contributed by atoms with E-state index in [9.17, 15) is 4.79 Å². The van der Waals surface area contributed by atoms with Crippen molar-refractivity contribution >= 4 is 28.4 Å². The molecule has 0 aliphatic carbocycles. The Labute approximate surface area is 127 Å². The highest BCUT2D eigenvalue weighted by atomic mass is 35.5. The molecule has 0 aliphatic heterocycles. The molecular formula is C16H14ClN3O. The summed E-state index contributed by atoms with van der Waals surface area (Å²) in [4.78, 5) is 16.0. The molecule has 0 N–H and O–H groups in total. The van der Waals surface area contributed by atoms with Crippen LogP contribution in [0, 0.1) is 0 Å². The summed E-state index contributed by atoms with van der Waals surface area (Å²) >= 11 is 6.41. The van der Waals surface area contributed by atoms with E-state index < -0.39 is 0 Å². The van der Waals surface area contributed by atoms with Gasteiger partial charge in [0.2, 0.25) is 0 Å². The van der Waals surface area contributed by atoms with Gasteiger partial charge in [-0.05, 0) is 25.5 Å². The van der Waals surface area contributed by atoms with Crippen LogP contribution in [0.4, 0.5) is 0 Å². The number of pyridine rings is 1. The molecule has 0 bridgehead atoms. The lowest BCUT2D eigenvalue weighted by atomic mass is 10.1. The Morgan fingerprint density at radius 2 is 2.00 bits per heavy atom. The van der Waals surface area contributed by atoms with Crippen LogP contribution in [0.2, 0.25) is 5.02 Å². The van der Waals surface area contributed by atoms with Gasteiger partial charge in [-0.15, -0.1) is 0 Å². The quantitative estimate of drug-likeness (QED) is 0.690. The lowest BCUT2D eigenvalue weighted by molar-refractivity contribution is 0.101. The lowest BCUT2D eigenvalue weighted by Gasteiger charge is -2.04. The van der Waals surface area contributed by atoms with Gasteiger partial charge in [-0.2, -0.15) is 5.10 Å². The molecule has 0 amide bonds. The number of rotatable bonds is 3. The van der Waals surface area contributed by atoms with Crippen molar-refractivity contribution in [3.05, 3.63) is 52.8 Å². The average Bonchev–Trinajstić information content (AvgIpc) is 2.88. The van der Waals surface area contributed by atoms with Gasteiger partial charge in [0.1, 0.15) is 0 Å². The number of benzene rings is 1. The number of para-hydroxylation sites is 1. The zero-order valence-electron chi connectivity index (χ0n) is 11.8. The number of fused-ring (bicyclic) bond motifs is 1. The summed E-state index contributed by atoms with van der Waals surface area (Å²) < 4.78 is 1.77. The predicted octanol–water partition coefficient (Wildman–Crippen LogP) is 3.84. The molecule has 1 aromatic carbocycles. The molecule has 0 fully saturated rings. The molecule has 106 valence electrons. The van der Waals surface area contributed by atoms with Crippen molar-refractivity contribution < 1.29 is 4.79 Å². The van der Waals surface area contributed by atoms with Crippen LogP contribution in [0.1, 0.15) is 29.9 Å². The summed E-state index contributed by atoms with van der Waals surface area (Å²) in [6, 6.07) is 9.75. The first kappa shape index (κ1) is 13.8. The average molecular weight is 300 g/mol. The van der Waals surface area contributed by atoms with E-state index in [1.54, 1.807) is 4.68 Å². The molecule has 0 radical (unpaired) electrons. The van der Waals surface area contributed by atoms with E-state index in [1.165, 1.54) is 13.1 Å². The summed E-state index contributed by atoms with van der Waals surface area (Å²) in [5.41, 5.74) is 2.87. The van der Waals surface area contributed by atoms with Gasteiger partial charge in [-0.3, -0.25) is 4.79 Å². The molecule has 0 atom stereocenters. The number of aromatic nitrogens is 3. The topological polar surface area (TPSA) is 47.8 Å². The van der Waals surface area contributed by atoms with E-state index in [4.69, 9.17) is 11.6 Å². The second kappa shape index (κ2) is 5.30. The Balaban J connectivity index is 2.35. The minimum Gasteiger partial charge on any atom is -0.294 e. The van der Waals surface area contributed by atoms with Crippen LogP contribution in [0.15, 0.2) is 36.5 Å². The zero-order valence-corrected chi connectivity index (χ0v) is 12.6.